The fourth-order valence-electron chi connectivity index (χ4n) is 0.973. The van der Waals surface area contributed by atoms with Crippen LogP contribution in [-0.2, 0) is 5.33 Å². The van der Waals surface area contributed by atoms with Gasteiger partial charge in [-0.25, -0.2) is 9.97 Å². The molecule has 2 aromatic heterocycles. The van der Waals surface area contributed by atoms with Gasteiger partial charge in [-0.05, 0) is 11.6 Å². The summed E-state index contributed by atoms with van der Waals surface area (Å²) >= 11 is 3.36. The van der Waals surface area contributed by atoms with Gasteiger partial charge in [-0.15, -0.1) is 0 Å². The summed E-state index contributed by atoms with van der Waals surface area (Å²) in [5.41, 5.74) is 2.65. The minimum atomic E-state index is 0.696. The van der Waals surface area contributed by atoms with Crippen LogP contribution in [0.2, 0.25) is 0 Å². The number of rotatable bonds is 1. The zero-order valence-electron chi connectivity index (χ0n) is 6.24. The fraction of sp³-hybridized carbons (Fsp3) is 0.125. The average Bonchev–Trinajstić information content (AvgIpc) is 2.17. The van der Waals surface area contributed by atoms with E-state index in [2.05, 4.69) is 30.9 Å². The third-order valence-electron chi connectivity index (χ3n) is 1.54. The van der Waals surface area contributed by atoms with E-state index in [4.69, 9.17) is 0 Å². The Kier molecular flexibility index (Phi) is 1.99. The number of hydrogen-bond donors (Lipinski definition) is 0. The van der Waals surface area contributed by atoms with Crippen LogP contribution in [0.15, 0.2) is 24.7 Å². The molecule has 0 unspecified atom stereocenters. The monoisotopic (exact) mass is 223 g/mol. The van der Waals surface area contributed by atoms with E-state index in [1.807, 2.05) is 6.07 Å². The highest BCUT2D eigenvalue weighted by atomic mass is 79.9. The van der Waals surface area contributed by atoms with Crippen molar-refractivity contribution in [3.63, 3.8) is 0 Å². The molecule has 4 heteroatoms. The minimum Gasteiger partial charge on any atom is -0.251 e. The van der Waals surface area contributed by atoms with Crippen LogP contribution in [0.3, 0.4) is 0 Å². The molecule has 0 amide bonds. The second-order valence-corrected chi connectivity index (χ2v) is 2.94. The van der Waals surface area contributed by atoms with Gasteiger partial charge in [0.15, 0.2) is 5.65 Å². The van der Waals surface area contributed by atoms with Crippen molar-refractivity contribution in [2.24, 2.45) is 0 Å². The summed E-state index contributed by atoms with van der Waals surface area (Å²) in [6, 6.07) is 1.98. The van der Waals surface area contributed by atoms with Gasteiger partial charge in [0.25, 0.3) is 0 Å². The highest BCUT2D eigenvalue weighted by Gasteiger charge is 1.96. The zero-order chi connectivity index (χ0) is 8.39. The Hall–Kier alpha value is -1.03. The molecule has 0 aliphatic rings. The third-order valence-corrected chi connectivity index (χ3v) is 2.18. The van der Waals surface area contributed by atoms with Crippen LogP contribution in [0.1, 0.15) is 5.56 Å². The van der Waals surface area contributed by atoms with Crippen molar-refractivity contribution < 1.29 is 0 Å². The summed E-state index contributed by atoms with van der Waals surface area (Å²) in [4.78, 5) is 12.4. The van der Waals surface area contributed by atoms with E-state index in [0.29, 0.717) is 5.65 Å². The number of pyridine rings is 1. The predicted molar refractivity (Wildman–Crippen MR) is 50.0 cm³/mol. The second-order valence-electron chi connectivity index (χ2n) is 2.38. The molecule has 0 aromatic carbocycles. The van der Waals surface area contributed by atoms with E-state index in [9.17, 15) is 0 Å². The summed E-state index contributed by atoms with van der Waals surface area (Å²) in [6.07, 6.45) is 5.11. The first kappa shape index (κ1) is 7.61. The summed E-state index contributed by atoms with van der Waals surface area (Å²) in [5.74, 6) is 0. The molecule has 0 spiro atoms. The first-order valence-electron chi connectivity index (χ1n) is 3.52. The first-order valence-corrected chi connectivity index (χ1v) is 4.64. The van der Waals surface area contributed by atoms with Gasteiger partial charge in [-0.3, -0.25) is 4.98 Å². The number of hydrogen-bond acceptors (Lipinski definition) is 3. The molecule has 2 heterocycles. The van der Waals surface area contributed by atoms with Crippen LogP contribution in [0.5, 0.6) is 0 Å². The molecule has 0 N–H and O–H groups in total. The second kappa shape index (κ2) is 3.15. The van der Waals surface area contributed by atoms with Gasteiger partial charge >= 0.3 is 0 Å². The quantitative estimate of drug-likeness (QED) is 0.694. The fourth-order valence-corrected chi connectivity index (χ4v) is 1.28. The lowest BCUT2D eigenvalue weighted by atomic mass is 10.3. The molecule has 0 aliphatic carbocycles. The van der Waals surface area contributed by atoms with E-state index in [1.54, 1.807) is 18.6 Å². The Bertz CT molecular complexity index is 402. The topological polar surface area (TPSA) is 38.7 Å². The Morgan fingerprint density at radius 2 is 2.00 bits per heavy atom. The van der Waals surface area contributed by atoms with Crippen LogP contribution < -0.4 is 0 Å². The summed E-state index contributed by atoms with van der Waals surface area (Å²) in [7, 11) is 0. The van der Waals surface area contributed by atoms with E-state index >= 15 is 0 Å². The lowest BCUT2D eigenvalue weighted by molar-refractivity contribution is 1.20. The minimum absolute atomic E-state index is 0.696. The van der Waals surface area contributed by atoms with Crippen molar-refractivity contribution in [1.82, 2.24) is 15.0 Å². The number of alkyl halides is 1. The molecule has 3 nitrogen and oxygen atoms in total. The molecule has 60 valence electrons. The molecule has 2 rings (SSSR count). The van der Waals surface area contributed by atoms with Crippen molar-refractivity contribution in [2.75, 3.05) is 0 Å². The van der Waals surface area contributed by atoms with Gasteiger partial charge < -0.3 is 0 Å². The summed E-state index contributed by atoms with van der Waals surface area (Å²) in [6.45, 7) is 0. The third kappa shape index (κ3) is 1.30. The lowest BCUT2D eigenvalue weighted by Gasteiger charge is -1.96. The Balaban J connectivity index is 2.67. The molecule has 2 aromatic rings. The van der Waals surface area contributed by atoms with Crippen LogP contribution in [0, 0.1) is 0 Å². The van der Waals surface area contributed by atoms with E-state index in [1.165, 1.54) is 0 Å². The van der Waals surface area contributed by atoms with E-state index in [0.717, 1.165) is 16.4 Å². The van der Waals surface area contributed by atoms with E-state index < -0.39 is 0 Å². The molecular weight excluding hydrogens is 218 g/mol. The Morgan fingerprint density at radius 3 is 2.83 bits per heavy atom. The van der Waals surface area contributed by atoms with Gasteiger partial charge in [0.1, 0.15) is 5.52 Å². The maximum Gasteiger partial charge on any atom is 0.178 e. The molecule has 0 saturated heterocycles. The highest BCUT2D eigenvalue weighted by molar-refractivity contribution is 9.08. The Morgan fingerprint density at radius 1 is 1.17 bits per heavy atom. The van der Waals surface area contributed by atoms with Gasteiger partial charge in [0, 0.05) is 23.9 Å². The zero-order valence-corrected chi connectivity index (χ0v) is 7.82. The number of halogens is 1. The summed E-state index contributed by atoms with van der Waals surface area (Å²) < 4.78 is 0. The maximum absolute atomic E-state index is 4.15. The molecular formula is C8H6BrN3. The number of nitrogens with zero attached hydrogens (tertiary/aromatic N) is 3. The molecule has 0 bridgehead atoms. The standard InChI is InChI=1S/C8H6BrN3/c9-4-6-3-7-8(12-5-6)11-2-1-10-7/h1-3,5H,4H2. The smallest absolute Gasteiger partial charge is 0.178 e. The average molecular weight is 224 g/mol. The van der Waals surface area contributed by atoms with Gasteiger partial charge in [0.05, 0.1) is 0 Å². The van der Waals surface area contributed by atoms with Gasteiger partial charge in [-0.2, -0.15) is 0 Å². The molecule has 0 radical (unpaired) electrons. The van der Waals surface area contributed by atoms with Crippen LogP contribution in [-0.4, -0.2) is 15.0 Å². The van der Waals surface area contributed by atoms with Crippen molar-refractivity contribution in [3.05, 3.63) is 30.2 Å². The van der Waals surface area contributed by atoms with Gasteiger partial charge in [0.2, 0.25) is 0 Å². The van der Waals surface area contributed by atoms with Crippen LogP contribution >= 0.6 is 15.9 Å². The largest absolute Gasteiger partial charge is 0.251 e. The normalized spacial score (nSPS) is 10.4. The van der Waals surface area contributed by atoms with Crippen molar-refractivity contribution >= 4 is 27.1 Å². The summed E-state index contributed by atoms with van der Waals surface area (Å²) in [5, 5.41) is 0.798. The lowest BCUT2D eigenvalue weighted by Crippen LogP contribution is -1.88. The Labute approximate surface area is 78.0 Å². The van der Waals surface area contributed by atoms with Crippen LogP contribution in [0.4, 0.5) is 0 Å². The maximum atomic E-state index is 4.15. The van der Waals surface area contributed by atoms with Crippen molar-refractivity contribution in [3.8, 4) is 0 Å². The molecule has 0 fully saturated rings. The van der Waals surface area contributed by atoms with Gasteiger partial charge in [-0.1, -0.05) is 15.9 Å². The molecule has 0 saturated carbocycles. The highest BCUT2D eigenvalue weighted by Crippen LogP contribution is 2.09. The van der Waals surface area contributed by atoms with Crippen LogP contribution in [0.25, 0.3) is 11.2 Å². The van der Waals surface area contributed by atoms with Crippen molar-refractivity contribution in [1.29, 1.82) is 0 Å². The number of aromatic nitrogens is 3. The van der Waals surface area contributed by atoms with Crippen molar-refractivity contribution in [2.45, 2.75) is 5.33 Å². The SMILES string of the molecule is BrCc1cnc2nccnc2c1. The molecule has 0 atom stereocenters. The van der Waals surface area contributed by atoms with E-state index in [-0.39, 0.29) is 0 Å². The molecule has 12 heavy (non-hydrogen) atoms. The first-order chi connectivity index (χ1) is 5.90. The molecule has 0 aliphatic heterocycles. The predicted octanol–water partition coefficient (Wildman–Crippen LogP) is 1.92. The number of fused-ring (bicyclic) bond motifs is 1.